The van der Waals surface area contributed by atoms with E-state index in [0.29, 0.717) is 6.61 Å². The number of hydrogen-bond acceptors (Lipinski definition) is 6. The molecule has 0 amide bonds. The summed E-state index contributed by atoms with van der Waals surface area (Å²) in [6, 6.07) is 0. The van der Waals surface area contributed by atoms with Crippen LogP contribution in [0.4, 0.5) is 0 Å². The third kappa shape index (κ3) is 16.8. The number of rotatable bonds is 22. The van der Waals surface area contributed by atoms with Crippen molar-refractivity contribution in [1.82, 2.24) is 0 Å². The molecular weight excluding hydrogens is 372 g/mol. The van der Waals surface area contributed by atoms with Crippen LogP contribution >= 0.6 is 0 Å². The number of hydrogen-bond donors (Lipinski definition) is 0. The van der Waals surface area contributed by atoms with Gasteiger partial charge in [-0.1, -0.05) is 84.0 Å². The van der Waals surface area contributed by atoms with E-state index in [0.717, 1.165) is 19.3 Å². The molecule has 0 heterocycles. The number of carbonyl (C=O) groups is 1. The van der Waals surface area contributed by atoms with Crippen LogP contribution in [-0.4, -0.2) is 52.6 Å². The predicted octanol–water partition coefficient (Wildman–Crippen LogP) is 5.62. The quantitative estimate of drug-likeness (QED) is 0.129. The molecule has 6 nitrogen and oxygen atoms in total. The van der Waals surface area contributed by atoms with Crippen LogP contribution in [0, 0.1) is 0 Å². The van der Waals surface area contributed by atoms with Crippen LogP contribution < -0.4 is 0 Å². The Morgan fingerprint density at radius 3 is 1.66 bits per heavy atom. The summed E-state index contributed by atoms with van der Waals surface area (Å²) in [6.45, 7) is 4.49. The predicted molar refractivity (Wildman–Crippen MR) is 116 cm³/mol. The third-order valence-electron chi connectivity index (χ3n) is 4.96. The highest BCUT2D eigenvalue weighted by Crippen LogP contribution is 2.17. The molecule has 6 heteroatoms. The molecular formula is C23H46O6. The van der Waals surface area contributed by atoms with Crippen molar-refractivity contribution in [3.63, 3.8) is 0 Å². The summed E-state index contributed by atoms with van der Waals surface area (Å²) in [4.78, 5) is 12.2. The van der Waals surface area contributed by atoms with Gasteiger partial charge < -0.3 is 23.7 Å². The summed E-state index contributed by atoms with van der Waals surface area (Å²) in [5.74, 6) is -0.412. The molecule has 0 aliphatic rings. The highest BCUT2D eigenvalue weighted by molar-refractivity contribution is 5.75. The van der Waals surface area contributed by atoms with E-state index in [1.165, 1.54) is 71.3 Å². The first-order chi connectivity index (χ1) is 14.2. The van der Waals surface area contributed by atoms with Gasteiger partial charge in [0.1, 0.15) is 13.6 Å². The molecule has 0 aromatic rings. The lowest BCUT2D eigenvalue weighted by Crippen LogP contribution is -2.40. The number of unbranched alkanes of at least 4 members (excludes halogenated alkanes) is 11. The monoisotopic (exact) mass is 418 g/mol. The standard InChI is InChI=1S/C23H46O6/c1-5-7-8-9-10-11-12-13-14-15-16-17-18-21(28-19-25-3)22(29-20-26-4)23(24)27-6-2/h21-22H,5-20H2,1-4H3/t21-,22+/m0/s1. The van der Waals surface area contributed by atoms with E-state index in [1.807, 2.05) is 0 Å². The Morgan fingerprint density at radius 1 is 0.690 bits per heavy atom. The largest absolute Gasteiger partial charge is 0.464 e. The number of methoxy groups -OCH3 is 2. The van der Waals surface area contributed by atoms with Gasteiger partial charge in [-0.25, -0.2) is 4.79 Å². The van der Waals surface area contributed by atoms with Crippen molar-refractivity contribution < 1.29 is 28.5 Å². The fraction of sp³-hybridized carbons (Fsp3) is 0.957. The molecule has 0 spiro atoms. The zero-order chi connectivity index (χ0) is 21.6. The van der Waals surface area contributed by atoms with Gasteiger partial charge in [-0.2, -0.15) is 0 Å². The van der Waals surface area contributed by atoms with E-state index in [-0.39, 0.29) is 13.6 Å². The molecule has 0 aliphatic carbocycles. The van der Waals surface area contributed by atoms with Crippen LogP contribution in [0.2, 0.25) is 0 Å². The lowest BCUT2D eigenvalue weighted by molar-refractivity contribution is -0.190. The van der Waals surface area contributed by atoms with Crippen molar-refractivity contribution in [2.75, 3.05) is 34.4 Å². The molecule has 29 heavy (non-hydrogen) atoms. The van der Waals surface area contributed by atoms with Crippen LogP contribution in [0.5, 0.6) is 0 Å². The van der Waals surface area contributed by atoms with Gasteiger partial charge in [-0.15, -0.1) is 0 Å². The van der Waals surface area contributed by atoms with Crippen LogP contribution in [0.25, 0.3) is 0 Å². The Kier molecular flexibility index (Phi) is 21.5. The van der Waals surface area contributed by atoms with Crippen molar-refractivity contribution in [3.8, 4) is 0 Å². The average molecular weight is 419 g/mol. The van der Waals surface area contributed by atoms with E-state index in [1.54, 1.807) is 14.0 Å². The zero-order valence-electron chi connectivity index (χ0n) is 19.4. The molecule has 0 N–H and O–H groups in total. The molecule has 0 unspecified atom stereocenters. The molecule has 2 atom stereocenters. The summed E-state index contributed by atoms with van der Waals surface area (Å²) in [5, 5.41) is 0. The van der Waals surface area contributed by atoms with Gasteiger partial charge in [0.05, 0.1) is 12.7 Å². The molecule has 174 valence electrons. The molecule has 0 saturated carbocycles. The molecule has 0 rings (SSSR count). The fourth-order valence-electron chi connectivity index (χ4n) is 3.36. The van der Waals surface area contributed by atoms with Crippen molar-refractivity contribution >= 4 is 5.97 Å². The zero-order valence-corrected chi connectivity index (χ0v) is 19.4. The second-order valence-electron chi connectivity index (χ2n) is 7.54. The van der Waals surface area contributed by atoms with E-state index in [9.17, 15) is 4.79 Å². The van der Waals surface area contributed by atoms with Crippen molar-refractivity contribution in [1.29, 1.82) is 0 Å². The Balaban J connectivity index is 4.06. The Bertz CT molecular complexity index is 350. The fourth-order valence-corrected chi connectivity index (χ4v) is 3.36. The second kappa shape index (κ2) is 22.0. The maximum absolute atomic E-state index is 12.2. The van der Waals surface area contributed by atoms with Gasteiger partial charge in [-0.05, 0) is 13.3 Å². The van der Waals surface area contributed by atoms with Gasteiger partial charge in [0.2, 0.25) is 0 Å². The van der Waals surface area contributed by atoms with Gasteiger partial charge in [0.15, 0.2) is 6.10 Å². The minimum absolute atomic E-state index is 0.0226. The van der Waals surface area contributed by atoms with Gasteiger partial charge in [0.25, 0.3) is 0 Å². The van der Waals surface area contributed by atoms with Gasteiger partial charge in [0, 0.05) is 14.2 Å². The van der Waals surface area contributed by atoms with E-state index in [4.69, 9.17) is 23.7 Å². The molecule has 0 bridgehead atoms. The van der Waals surface area contributed by atoms with Crippen molar-refractivity contribution in [2.24, 2.45) is 0 Å². The minimum atomic E-state index is -0.794. The Hall–Kier alpha value is -0.690. The first kappa shape index (κ1) is 28.3. The summed E-state index contributed by atoms with van der Waals surface area (Å²) in [7, 11) is 3.09. The lowest BCUT2D eigenvalue weighted by Gasteiger charge is -2.25. The summed E-state index contributed by atoms with van der Waals surface area (Å²) in [5.41, 5.74) is 0. The second-order valence-corrected chi connectivity index (χ2v) is 7.54. The molecule has 0 aliphatic heterocycles. The van der Waals surface area contributed by atoms with E-state index in [2.05, 4.69) is 6.92 Å². The lowest BCUT2D eigenvalue weighted by atomic mass is 10.0. The topological polar surface area (TPSA) is 63.2 Å². The Morgan fingerprint density at radius 2 is 1.17 bits per heavy atom. The first-order valence-corrected chi connectivity index (χ1v) is 11.6. The van der Waals surface area contributed by atoms with E-state index >= 15 is 0 Å². The molecule has 0 saturated heterocycles. The Labute approximate surface area is 178 Å². The summed E-state index contributed by atoms with van der Waals surface area (Å²) in [6.07, 6.45) is 15.0. The summed E-state index contributed by atoms with van der Waals surface area (Å²) < 4.78 is 26.4. The van der Waals surface area contributed by atoms with Crippen molar-refractivity contribution in [3.05, 3.63) is 0 Å². The third-order valence-corrected chi connectivity index (χ3v) is 4.96. The number of carbonyl (C=O) groups excluding carboxylic acids is 1. The van der Waals surface area contributed by atoms with Crippen LogP contribution in [0.3, 0.4) is 0 Å². The molecule has 0 aromatic carbocycles. The molecule has 0 fully saturated rings. The van der Waals surface area contributed by atoms with Crippen LogP contribution in [0.1, 0.15) is 97.3 Å². The first-order valence-electron chi connectivity index (χ1n) is 11.6. The van der Waals surface area contributed by atoms with Crippen LogP contribution in [0.15, 0.2) is 0 Å². The normalized spacial score (nSPS) is 13.4. The maximum atomic E-state index is 12.2. The van der Waals surface area contributed by atoms with Crippen LogP contribution in [-0.2, 0) is 28.5 Å². The average Bonchev–Trinajstić information content (AvgIpc) is 2.72. The number of ether oxygens (including phenoxy) is 5. The van der Waals surface area contributed by atoms with Crippen molar-refractivity contribution in [2.45, 2.75) is 110 Å². The molecule has 0 aromatic heterocycles. The minimum Gasteiger partial charge on any atom is -0.464 e. The van der Waals surface area contributed by atoms with E-state index < -0.39 is 18.2 Å². The highest BCUT2D eigenvalue weighted by atomic mass is 16.7. The van der Waals surface area contributed by atoms with Gasteiger partial charge in [-0.3, -0.25) is 0 Å². The maximum Gasteiger partial charge on any atom is 0.338 e. The smallest absolute Gasteiger partial charge is 0.338 e. The highest BCUT2D eigenvalue weighted by Gasteiger charge is 2.31. The SMILES string of the molecule is CCCCCCCCCCCCCC[C@H](OCOC)[C@@H](OCOC)C(=O)OCC. The molecule has 0 radical (unpaired) electrons. The summed E-state index contributed by atoms with van der Waals surface area (Å²) >= 11 is 0. The number of esters is 1. The van der Waals surface area contributed by atoms with Gasteiger partial charge >= 0.3 is 5.97 Å².